The van der Waals surface area contributed by atoms with E-state index in [1.54, 1.807) is 4.57 Å². The fourth-order valence-corrected chi connectivity index (χ4v) is 5.19. The zero-order chi connectivity index (χ0) is 24.3. The number of halogens is 2. The lowest BCUT2D eigenvalue weighted by Gasteiger charge is -2.38. The maximum atomic E-state index is 13.3. The number of carbonyl (C=O) groups is 1. The van der Waals surface area contributed by atoms with Crippen molar-refractivity contribution in [1.82, 2.24) is 34.0 Å². The predicted molar refractivity (Wildman–Crippen MR) is 125 cm³/mol. The zero-order valence-electron chi connectivity index (χ0n) is 19.1. The largest absolute Gasteiger partial charge is 0.355 e. The van der Waals surface area contributed by atoms with Crippen molar-refractivity contribution < 1.29 is 13.6 Å². The molecule has 0 atom stereocenters. The number of likely N-dealkylation sites (tertiary alicyclic amines) is 1. The van der Waals surface area contributed by atoms with Crippen molar-refractivity contribution in [3.8, 4) is 0 Å². The number of benzene rings is 1. The summed E-state index contributed by atoms with van der Waals surface area (Å²) < 4.78 is 30.1. The molecule has 3 aromatic heterocycles. The highest BCUT2D eigenvalue weighted by Crippen LogP contribution is 2.32. The van der Waals surface area contributed by atoms with Crippen LogP contribution in [0, 0.1) is 0 Å². The third kappa shape index (κ3) is 3.46. The van der Waals surface area contributed by atoms with Crippen molar-refractivity contribution in [3.63, 3.8) is 0 Å². The third-order valence-corrected chi connectivity index (χ3v) is 6.90. The summed E-state index contributed by atoms with van der Waals surface area (Å²) in [6.07, 6.45) is 2.90. The molecule has 1 amide bonds. The molecule has 5 heterocycles. The first-order valence-electron chi connectivity index (χ1n) is 11.7. The first-order valence-corrected chi connectivity index (χ1v) is 11.7. The van der Waals surface area contributed by atoms with E-state index >= 15 is 0 Å². The Balaban J connectivity index is 1.28. The van der Waals surface area contributed by atoms with Crippen LogP contribution in [0.3, 0.4) is 0 Å². The average molecular weight is 482 g/mol. The zero-order valence-corrected chi connectivity index (χ0v) is 19.1. The highest BCUT2D eigenvalue weighted by atomic mass is 19.3. The molecular formula is C23H24F2N8O2. The van der Waals surface area contributed by atoms with Crippen LogP contribution in [0.25, 0.3) is 22.2 Å². The smallest absolute Gasteiger partial charge is 0.326 e. The number of H-pyrrole nitrogens is 1. The van der Waals surface area contributed by atoms with Crippen LogP contribution in [0.1, 0.15) is 36.4 Å². The molecule has 0 saturated carbocycles. The number of rotatable bonds is 4. The second-order valence-electron chi connectivity index (χ2n) is 9.10. The normalized spacial score (nSPS) is 18.4. The van der Waals surface area contributed by atoms with Gasteiger partial charge in [0.1, 0.15) is 6.33 Å². The molecule has 2 aliphatic heterocycles. The van der Waals surface area contributed by atoms with Gasteiger partial charge in [-0.1, -0.05) is 12.1 Å². The first kappa shape index (κ1) is 21.7. The van der Waals surface area contributed by atoms with Gasteiger partial charge < -0.3 is 19.4 Å². The topological polar surface area (TPSA) is 105 Å². The first-order chi connectivity index (χ1) is 16.9. The lowest BCUT2D eigenvalue weighted by atomic mass is 10.0. The Morgan fingerprint density at radius 1 is 1.17 bits per heavy atom. The van der Waals surface area contributed by atoms with Crippen molar-refractivity contribution in [2.45, 2.75) is 38.3 Å². The molecule has 10 nitrogen and oxygen atoms in total. The van der Waals surface area contributed by atoms with Gasteiger partial charge in [-0.2, -0.15) is 0 Å². The molecule has 0 unspecified atom stereocenters. The van der Waals surface area contributed by atoms with Gasteiger partial charge in [-0.3, -0.25) is 9.36 Å². The van der Waals surface area contributed by atoms with Gasteiger partial charge in [-0.25, -0.2) is 28.5 Å². The number of hydrogen-bond donors (Lipinski definition) is 1. The van der Waals surface area contributed by atoms with Gasteiger partial charge in [-0.15, -0.1) is 0 Å². The summed E-state index contributed by atoms with van der Waals surface area (Å²) in [5.74, 6) is -2.67. The number of nitrogens with one attached hydrogen (secondary N) is 1. The Kier molecular flexibility index (Phi) is 4.87. The monoisotopic (exact) mass is 482 g/mol. The van der Waals surface area contributed by atoms with Gasteiger partial charge >= 0.3 is 5.69 Å². The number of aromatic nitrogens is 6. The molecule has 2 fully saturated rings. The Hall–Kier alpha value is -3.83. The lowest BCUT2D eigenvalue weighted by molar-refractivity contribution is -0.113. The maximum absolute atomic E-state index is 13.3. The van der Waals surface area contributed by atoms with Crippen LogP contribution in [0.2, 0.25) is 0 Å². The van der Waals surface area contributed by atoms with Gasteiger partial charge in [0, 0.05) is 25.7 Å². The summed E-state index contributed by atoms with van der Waals surface area (Å²) in [4.78, 5) is 44.9. The Morgan fingerprint density at radius 3 is 2.63 bits per heavy atom. The second-order valence-corrected chi connectivity index (χ2v) is 9.10. The minimum absolute atomic E-state index is 0.0469. The maximum Gasteiger partial charge on any atom is 0.326 e. The number of fused-ring (bicyclic) bond motifs is 2. The SMILES string of the molecule is CCn1c(C(=O)N2CC(F)(F)C2)nc2c(N3CCC(n4c(=O)[nH]c5ccccc54)CC3)ncnc21. The summed E-state index contributed by atoms with van der Waals surface area (Å²) in [5, 5.41) is 0. The number of carbonyl (C=O) groups excluding carboxylic acids is 1. The quantitative estimate of drug-likeness (QED) is 0.479. The molecule has 182 valence electrons. The van der Waals surface area contributed by atoms with E-state index in [2.05, 4.69) is 24.8 Å². The van der Waals surface area contributed by atoms with Gasteiger partial charge in [0.25, 0.3) is 11.8 Å². The van der Waals surface area contributed by atoms with Crippen molar-refractivity contribution >= 4 is 33.9 Å². The van der Waals surface area contributed by atoms with Crippen LogP contribution in [-0.2, 0) is 6.54 Å². The summed E-state index contributed by atoms with van der Waals surface area (Å²) >= 11 is 0. The van der Waals surface area contributed by atoms with Crippen molar-refractivity contribution in [2.75, 3.05) is 31.1 Å². The van der Waals surface area contributed by atoms with Crippen molar-refractivity contribution in [2.24, 2.45) is 0 Å². The van der Waals surface area contributed by atoms with E-state index in [-0.39, 0.29) is 17.6 Å². The molecule has 1 N–H and O–H groups in total. The summed E-state index contributed by atoms with van der Waals surface area (Å²) in [6.45, 7) is 2.36. The number of nitrogens with zero attached hydrogens (tertiary/aromatic N) is 7. The number of para-hydroxylation sites is 2. The number of imidazole rings is 2. The van der Waals surface area contributed by atoms with Crippen LogP contribution >= 0.6 is 0 Å². The molecule has 2 saturated heterocycles. The second kappa shape index (κ2) is 7.85. The van der Waals surface area contributed by atoms with E-state index < -0.39 is 24.9 Å². The fraction of sp³-hybridized carbons (Fsp3) is 0.435. The van der Waals surface area contributed by atoms with Crippen LogP contribution in [-0.4, -0.2) is 72.0 Å². The molecule has 0 spiro atoms. The van der Waals surface area contributed by atoms with E-state index in [9.17, 15) is 18.4 Å². The standard InChI is InChI=1S/C23H24F2N8O2/c1-2-32-19-17(29-20(32)21(34)31-11-23(24,25)12-31)18(26-13-27-19)30-9-7-14(8-10-30)33-16-6-4-3-5-15(16)28-22(33)35/h3-6,13-14H,2,7-12H2,1H3,(H,28,35). The Morgan fingerprint density at radius 2 is 1.91 bits per heavy atom. The average Bonchev–Trinajstić information content (AvgIpc) is 3.38. The van der Waals surface area contributed by atoms with Gasteiger partial charge in [0.05, 0.1) is 24.1 Å². The minimum atomic E-state index is -2.85. The highest BCUT2D eigenvalue weighted by Gasteiger charge is 2.47. The van der Waals surface area contributed by atoms with Crippen molar-refractivity contribution in [3.05, 3.63) is 46.9 Å². The molecule has 0 radical (unpaired) electrons. The summed E-state index contributed by atoms with van der Waals surface area (Å²) in [7, 11) is 0. The molecule has 4 aromatic rings. The predicted octanol–water partition coefficient (Wildman–Crippen LogP) is 2.42. The minimum Gasteiger partial charge on any atom is -0.355 e. The van der Waals surface area contributed by atoms with E-state index in [1.807, 2.05) is 35.8 Å². The Labute approximate surface area is 198 Å². The molecule has 2 aliphatic rings. The molecule has 1 aromatic carbocycles. The van der Waals surface area contributed by atoms with Gasteiger partial charge in [0.2, 0.25) is 5.82 Å². The molecule has 35 heavy (non-hydrogen) atoms. The molecular weight excluding hydrogens is 458 g/mol. The van der Waals surface area contributed by atoms with E-state index in [4.69, 9.17) is 0 Å². The fourth-order valence-electron chi connectivity index (χ4n) is 5.19. The lowest BCUT2D eigenvalue weighted by Crippen LogP contribution is -2.58. The summed E-state index contributed by atoms with van der Waals surface area (Å²) in [5.41, 5.74) is 2.58. The van der Waals surface area contributed by atoms with Gasteiger partial charge in [0.15, 0.2) is 17.0 Å². The molecule has 6 rings (SSSR count). The highest BCUT2D eigenvalue weighted by molar-refractivity contribution is 5.96. The van der Waals surface area contributed by atoms with E-state index in [1.165, 1.54) is 6.33 Å². The van der Waals surface area contributed by atoms with Crippen molar-refractivity contribution in [1.29, 1.82) is 0 Å². The molecule has 0 bridgehead atoms. The number of piperidine rings is 1. The number of alkyl halides is 2. The van der Waals surface area contributed by atoms with E-state index in [0.29, 0.717) is 36.6 Å². The number of anilines is 1. The number of aryl methyl sites for hydroxylation is 1. The van der Waals surface area contributed by atoms with Crippen LogP contribution in [0.4, 0.5) is 14.6 Å². The number of amides is 1. The third-order valence-electron chi connectivity index (χ3n) is 6.90. The van der Waals surface area contributed by atoms with Crippen LogP contribution in [0.5, 0.6) is 0 Å². The van der Waals surface area contributed by atoms with Crippen LogP contribution in [0.15, 0.2) is 35.4 Å². The molecule has 0 aliphatic carbocycles. The number of hydrogen-bond acceptors (Lipinski definition) is 6. The van der Waals surface area contributed by atoms with E-state index in [0.717, 1.165) is 28.8 Å². The van der Waals surface area contributed by atoms with Gasteiger partial charge in [-0.05, 0) is 31.9 Å². The molecule has 12 heteroatoms. The Bertz CT molecular complexity index is 1490. The number of aromatic amines is 1. The van der Waals surface area contributed by atoms with Crippen LogP contribution < -0.4 is 10.6 Å². The summed E-state index contributed by atoms with van der Waals surface area (Å²) in [6, 6.07) is 7.70.